The monoisotopic (exact) mass is 1360 g/mol. The number of aliphatic hydroxyl groups is 25. The second kappa shape index (κ2) is 32.7. The molecule has 1 amide bonds. The van der Waals surface area contributed by atoms with Crippen molar-refractivity contribution < 1.29 is 204 Å². The van der Waals surface area contributed by atoms with Gasteiger partial charge in [-0.05, 0) is 0 Å². The number of aliphatic hydroxyl groups excluding tert-OH is 25. The number of carbonyl (C=O) groups is 1. The van der Waals surface area contributed by atoms with Gasteiger partial charge in [-0.15, -0.1) is 0 Å². The van der Waals surface area contributed by atoms with Crippen LogP contribution >= 0.6 is 0 Å². The molecule has 8 saturated heterocycles. The van der Waals surface area contributed by atoms with Gasteiger partial charge in [0.25, 0.3) is 0 Å². The first kappa shape index (κ1) is 75.6. The molecule has 536 valence electrons. The molecule has 0 spiro atoms. The Labute approximate surface area is 519 Å². The molecule has 0 unspecified atom stereocenters. The van der Waals surface area contributed by atoms with Crippen LogP contribution in [0.1, 0.15) is 6.92 Å². The molecular formula is C50H85NO41. The third-order valence-electron chi connectivity index (χ3n) is 17.0. The van der Waals surface area contributed by atoms with Gasteiger partial charge in [-0.3, -0.25) is 4.79 Å². The molecule has 8 heterocycles. The minimum atomic E-state index is -2.45. The van der Waals surface area contributed by atoms with E-state index in [1.165, 1.54) is 0 Å². The summed E-state index contributed by atoms with van der Waals surface area (Å²) >= 11 is 0. The van der Waals surface area contributed by atoms with E-state index in [-0.39, 0.29) is 0 Å². The van der Waals surface area contributed by atoms with Gasteiger partial charge in [-0.25, -0.2) is 0 Å². The van der Waals surface area contributed by atoms with Crippen LogP contribution in [0.3, 0.4) is 0 Å². The zero-order valence-electron chi connectivity index (χ0n) is 48.5. The Morgan fingerprint density at radius 3 is 0.946 bits per heavy atom. The van der Waals surface area contributed by atoms with Gasteiger partial charge in [-0.2, -0.15) is 0 Å². The number of hydrogen-bond donors (Lipinski definition) is 26. The van der Waals surface area contributed by atoms with Gasteiger partial charge in [0.1, 0.15) is 195 Å². The first-order valence-corrected chi connectivity index (χ1v) is 29.2. The van der Waals surface area contributed by atoms with E-state index in [1.807, 2.05) is 0 Å². The Morgan fingerprint density at radius 1 is 0.283 bits per heavy atom. The molecule has 0 radical (unpaired) electrons. The van der Waals surface area contributed by atoms with Gasteiger partial charge in [0.2, 0.25) is 5.91 Å². The highest BCUT2D eigenvalue weighted by atomic mass is 16.8. The second-order valence-corrected chi connectivity index (χ2v) is 23.1. The molecule has 8 rings (SSSR count). The molecule has 42 heteroatoms. The predicted molar refractivity (Wildman–Crippen MR) is 276 cm³/mol. The Kier molecular flexibility index (Phi) is 26.9. The number of amides is 1. The summed E-state index contributed by atoms with van der Waals surface area (Å²) in [4.78, 5) is 12.2. The quantitative estimate of drug-likeness (QED) is 0.0452. The molecule has 0 aromatic rings. The van der Waals surface area contributed by atoms with E-state index in [0.29, 0.717) is 0 Å². The predicted octanol–water partition coefficient (Wildman–Crippen LogP) is -18.3. The maximum atomic E-state index is 12.2. The van der Waals surface area contributed by atoms with Gasteiger partial charge in [0, 0.05) is 6.92 Å². The van der Waals surface area contributed by atoms with Crippen LogP contribution in [0.25, 0.3) is 0 Å². The fraction of sp³-hybridized carbons (Fsp3) is 0.980. The zero-order chi connectivity index (χ0) is 67.6. The summed E-state index contributed by atoms with van der Waals surface area (Å²) in [6.07, 6.45) is -81.0. The van der Waals surface area contributed by atoms with Crippen molar-refractivity contribution in [3.8, 4) is 0 Å². The largest absolute Gasteiger partial charge is 0.394 e. The lowest BCUT2D eigenvalue weighted by Gasteiger charge is -2.50. The van der Waals surface area contributed by atoms with Gasteiger partial charge in [-0.1, -0.05) is 0 Å². The van der Waals surface area contributed by atoms with Gasteiger partial charge in [0.15, 0.2) is 50.3 Å². The lowest BCUT2D eigenvalue weighted by atomic mass is 9.94. The summed E-state index contributed by atoms with van der Waals surface area (Å²) in [5.41, 5.74) is 0. The van der Waals surface area contributed by atoms with E-state index in [9.17, 15) is 132 Å². The molecule has 0 aliphatic carbocycles. The SMILES string of the molecule is CC(=O)N[C@@H]1[C@@H](O)[C@H](O[C@@H]2O[C@H](CO[C@H]3O[C@H](CO)[C@@H](O)[C@H](O[C@H]4O[C@H](CO)[C@@H](O)[C@H](O)[C@@H]4O[C@H]4O[C@H](CO)[C@@H](O)[C@H](O)[C@@H]4O)[C@@H]3O)[C@@H](O)[C@H](O[C@H]3O[C@H](CO)[C@@H](O)[C@H](O)[C@@H]3O[C@H]3O[C@H](CO)[C@@H](O)[C@H](O)[C@@H]3O[C@H]3O[C@H](CO)[C@@H](O)[C@H](O)[C@@H]3O)[C@@H]2O)[C@@H](CO)O[C@@H]1O. The van der Waals surface area contributed by atoms with Crippen molar-refractivity contribution in [1.82, 2.24) is 5.32 Å². The summed E-state index contributed by atoms with van der Waals surface area (Å²) < 4.78 is 86.2. The van der Waals surface area contributed by atoms with Crippen molar-refractivity contribution in [3.05, 3.63) is 0 Å². The summed E-state index contributed by atoms with van der Waals surface area (Å²) in [7, 11) is 0. The van der Waals surface area contributed by atoms with E-state index in [0.717, 1.165) is 6.92 Å². The van der Waals surface area contributed by atoms with Crippen LogP contribution in [0.15, 0.2) is 0 Å². The number of nitrogens with one attached hydrogen (secondary N) is 1. The standard InChI is InChI=1S/C50H85NO41/c1-10(59)51-19-27(67)37(17(8-58)79-43(19)77)87-47-36(76)39(89-49-42(32(72)24(64)14(5-55)84-49)92-50-41(31(71)23(63)15(6-56)85-50)91-46-34(74)29(69)21(61)12(3-53)82-46)26(66)18(86-47)9-78-44-35(75)38(25(65)16(7-57)80-44)88-48-40(30(70)22(62)13(4-54)83-48)90-45-33(73)28(68)20(60)11(2-52)81-45/h11-50,52-58,60-77H,2-9H2,1H3,(H,51,59)/t11-,12-,13-,14-,15-,16-,17-,18-,19-,20-,21-,22-,23-,24-,25-,26-,27-,28+,29+,30+,31+,32+,33+,34+,35+,36+,37-,38+,39+,40+,41+,42+,43+,44+,45-,46-,47+,48-,49-,50-/m1/s1. The van der Waals surface area contributed by atoms with E-state index >= 15 is 0 Å². The molecule has 0 bridgehead atoms. The highest BCUT2D eigenvalue weighted by Crippen LogP contribution is 2.39. The van der Waals surface area contributed by atoms with Crippen LogP contribution in [0, 0.1) is 0 Å². The number of hydrogen-bond acceptors (Lipinski definition) is 41. The number of carbonyl (C=O) groups excluding carboxylic acids is 1. The van der Waals surface area contributed by atoms with Gasteiger partial charge in [0.05, 0.1) is 52.9 Å². The fourth-order valence-electron chi connectivity index (χ4n) is 11.7. The Balaban J connectivity index is 1.09. The molecule has 92 heavy (non-hydrogen) atoms. The van der Waals surface area contributed by atoms with E-state index in [1.54, 1.807) is 0 Å². The molecule has 42 nitrogen and oxygen atoms in total. The summed E-state index contributed by atoms with van der Waals surface area (Å²) in [6.45, 7) is -7.44. The summed E-state index contributed by atoms with van der Waals surface area (Å²) in [5.74, 6) is -0.824. The van der Waals surface area contributed by atoms with E-state index in [2.05, 4.69) is 5.32 Å². The van der Waals surface area contributed by atoms with Crippen molar-refractivity contribution in [1.29, 1.82) is 0 Å². The van der Waals surface area contributed by atoms with Crippen molar-refractivity contribution in [2.75, 3.05) is 52.9 Å². The lowest BCUT2D eigenvalue weighted by Crippen LogP contribution is -2.69. The van der Waals surface area contributed by atoms with E-state index in [4.69, 9.17) is 71.1 Å². The normalized spacial score (nSPS) is 52.2. The fourth-order valence-corrected chi connectivity index (χ4v) is 11.7. The third-order valence-corrected chi connectivity index (χ3v) is 17.0. The summed E-state index contributed by atoms with van der Waals surface area (Å²) in [6, 6.07) is -1.72. The minimum absolute atomic E-state index is 0.824. The molecule has 0 aromatic carbocycles. The Morgan fingerprint density at radius 2 is 0.565 bits per heavy atom. The van der Waals surface area contributed by atoms with Crippen LogP contribution in [-0.2, 0) is 75.8 Å². The number of rotatable bonds is 23. The third kappa shape index (κ3) is 15.8. The van der Waals surface area contributed by atoms with Gasteiger partial charge >= 0.3 is 0 Å². The lowest BCUT2D eigenvalue weighted by molar-refractivity contribution is -0.407. The van der Waals surface area contributed by atoms with Crippen LogP contribution in [0.4, 0.5) is 0 Å². The number of ether oxygens (including phenoxy) is 15. The van der Waals surface area contributed by atoms with Crippen LogP contribution in [0.2, 0.25) is 0 Å². The van der Waals surface area contributed by atoms with E-state index < -0.39 is 304 Å². The smallest absolute Gasteiger partial charge is 0.217 e. The zero-order valence-corrected chi connectivity index (χ0v) is 48.5. The van der Waals surface area contributed by atoms with Crippen molar-refractivity contribution >= 4 is 5.91 Å². The van der Waals surface area contributed by atoms with Crippen molar-refractivity contribution in [3.63, 3.8) is 0 Å². The molecule has 0 aromatic heterocycles. The first-order valence-electron chi connectivity index (χ1n) is 29.2. The molecule has 26 N–H and O–H groups in total. The Hall–Kier alpha value is -2.13. The molecule has 0 saturated carbocycles. The maximum absolute atomic E-state index is 12.2. The molecular weight excluding hydrogens is 1270 g/mol. The second-order valence-electron chi connectivity index (χ2n) is 23.1. The molecule has 8 fully saturated rings. The highest BCUT2D eigenvalue weighted by Gasteiger charge is 2.60. The maximum Gasteiger partial charge on any atom is 0.217 e. The average Bonchev–Trinajstić information content (AvgIpc) is 0.785. The average molecular weight is 1360 g/mol. The van der Waals surface area contributed by atoms with Crippen LogP contribution < -0.4 is 5.32 Å². The molecule has 8 aliphatic rings. The van der Waals surface area contributed by atoms with Crippen molar-refractivity contribution in [2.24, 2.45) is 0 Å². The van der Waals surface area contributed by atoms with Crippen LogP contribution in [-0.4, -0.2) is 432 Å². The highest BCUT2D eigenvalue weighted by molar-refractivity contribution is 5.73. The minimum Gasteiger partial charge on any atom is -0.394 e. The topological polar surface area (TPSA) is 673 Å². The molecule has 40 atom stereocenters. The molecule has 8 aliphatic heterocycles. The van der Waals surface area contributed by atoms with Crippen LogP contribution in [0.5, 0.6) is 0 Å². The van der Waals surface area contributed by atoms with Gasteiger partial charge < -0.3 is 204 Å². The summed E-state index contributed by atoms with van der Waals surface area (Å²) in [5, 5.41) is 274. The first-order chi connectivity index (χ1) is 43.6. The van der Waals surface area contributed by atoms with Crippen molar-refractivity contribution in [2.45, 2.75) is 253 Å². The Bertz CT molecular complexity index is 2260.